The molecule has 0 atom stereocenters. The van der Waals surface area contributed by atoms with Crippen LogP contribution < -0.4 is 14.8 Å². The number of amides is 1. The summed E-state index contributed by atoms with van der Waals surface area (Å²) >= 11 is 0. The van der Waals surface area contributed by atoms with Gasteiger partial charge in [0.25, 0.3) is 5.91 Å². The average Bonchev–Trinajstić information content (AvgIpc) is 3.19. The zero-order chi connectivity index (χ0) is 21.3. The number of fused-ring (bicyclic) bond motifs is 1. The number of carbonyl (C=O) groups excluding carboxylic acids is 2. The zero-order valence-corrected chi connectivity index (χ0v) is 17.2. The number of H-pyrrole nitrogens is 1. The van der Waals surface area contributed by atoms with Gasteiger partial charge in [-0.25, -0.2) is 0 Å². The molecule has 0 saturated heterocycles. The maximum atomic E-state index is 12.0. The molecule has 0 unspecified atom stereocenters. The van der Waals surface area contributed by atoms with Crippen molar-refractivity contribution in [3.05, 3.63) is 59.8 Å². The fourth-order valence-electron chi connectivity index (χ4n) is 3.20. The normalized spacial score (nSPS) is 10.6. The second kappa shape index (κ2) is 10.3. The van der Waals surface area contributed by atoms with Crippen LogP contribution in [0.2, 0.25) is 0 Å². The van der Waals surface area contributed by atoms with Crippen molar-refractivity contribution >= 4 is 22.8 Å². The highest BCUT2D eigenvalue weighted by Crippen LogP contribution is 2.23. The summed E-state index contributed by atoms with van der Waals surface area (Å²) in [5, 5.41) is 3.93. The molecule has 0 spiro atoms. The number of ether oxygens (including phenoxy) is 3. The molecule has 0 aliphatic heterocycles. The number of hydrogen-bond donors (Lipinski definition) is 2. The first-order valence-corrected chi connectivity index (χ1v) is 9.78. The van der Waals surface area contributed by atoms with Crippen molar-refractivity contribution in [2.45, 2.75) is 19.3 Å². The lowest BCUT2D eigenvalue weighted by Crippen LogP contribution is -2.30. The van der Waals surface area contributed by atoms with E-state index < -0.39 is 5.97 Å². The highest BCUT2D eigenvalue weighted by atomic mass is 16.5. The Morgan fingerprint density at radius 3 is 2.47 bits per heavy atom. The SMILES string of the molecule is COc1cc(CCC(=O)OCC(=O)NCCc2c[nH]c3ccccc23)cc(OC)c1. The van der Waals surface area contributed by atoms with Crippen LogP contribution in [0, 0.1) is 0 Å². The first-order valence-electron chi connectivity index (χ1n) is 9.78. The summed E-state index contributed by atoms with van der Waals surface area (Å²) in [4.78, 5) is 27.1. The molecule has 0 saturated carbocycles. The summed E-state index contributed by atoms with van der Waals surface area (Å²) in [7, 11) is 3.15. The molecule has 0 fully saturated rings. The van der Waals surface area contributed by atoms with E-state index in [9.17, 15) is 9.59 Å². The van der Waals surface area contributed by atoms with Gasteiger partial charge in [-0.15, -0.1) is 0 Å². The van der Waals surface area contributed by atoms with Crippen molar-refractivity contribution < 1.29 is 23.8 Å². The van der Waals surface area contributed by atoms with E-state index in [0.29, 0.717) is 30.9 Å². The van der Waals surface area contributed by atoms with E-state index in [1.165, 1.54) is 0 Å². The Morgan fingerprint density at radius 2 is 1.73 bits per heavy atom. The Bertz CT molecular complexity index is 990. The Hall–Kier alpha value is -3.48. The molecule has 7 nitrogen and oxygen atoms in total. The van der Waals surface area contributed by atoms with Crippen molar-refractivity contribution in [2.24, 2.45) is 0 Å². The number of aromatic amines is 1. The standard InChI is InChI=1S/C23H26N2O5/c1-28-18-11-16(12-19(13-18)29-2)7-8-23(27)30-15-22(26)24-10-9-17-14-25-21-6-4-3-5-20(17)21/h3-6,11-14,25H,7-10,15H2,1-2H3,(H,24,26). The molecule has 3 rings (SSSR count). The van der Waals surface area contributed by atoms with E-state index in [4.69, 9.17) is 14.2 Å². The summed E-state index contributed by atoms with van der Waals surface area (Å²) in [6.07, 6.45) is 3.28. The second-order valence-electron chi connectivity index (χ2n) is 6.84. The molecular weight excluding hydrogens is 384 g/mol. The van der Waals surface area contributed by atoms with E-state index >= 15 is 0 Å². The van der Waals surface area contributed by atoms with Gasteiger partial charge in [-0.2, -0.15) is 0 Å². The monoisotopic (exact) mass is 410 g/mol. The van der Waals surface area contributed by atoms with Crippen LogP contribution in [0.1, 0.15) is 17.5 Å². The third kappa shape index (κ3) is 5.76. The minimum absolute atomic E-state index is 0.166. The van der Waals surface area contributed by atoms with Crippen molar-refractivity contribution in [3.63, 3.8) is 0 Å². The van der Waals surface area contributed by atoms with Gasteiger partial charge in [-0.3, -0.25) is 9.59 Å². The quantitative estimate of drug-likeness (QED) is 0.502. The zero-order valence-electron chi connectivity index (χ0n) is 17.2. The van der Waals surface area contributed by atoms with Crippen molar-refractivity contribution in [1.82, 2.24) is 10.3 Å². The molecule has 158 valence electrons. The molecule has 0 bridgehead atoms. The average molecular weight is 410 g/mol. The van der Waals surface area contributed by atoms with Gasteiger partial charge in [-0.1, -0.05) is 18.2 Å². The van der Waals surface area contributed by atoms with E-state index in [0.717, 1.165) is 22.0 Å². The summed E-state index contributed by atoms with van der Waals surface area (Å²) < 4.78 is 15.5. The second-order valence-corrected chi connectivity index (χ2v) is 6.84. The first kappa shape index (κ1) is 21.2. The number of rotatable bonds is 10. The maximum Gasteiger partial charge on any atom is 0.306 e. The molecule has 7 heteroatoms. The van der Waals surface area contributed by atoms with Gasteiger partial charge in [-0.05, 0) is 42.2 Å². The van der Waals surface area contributed by atoms with Crippen molar-refractivity contribution in [3.8, 4) is 11.5 Å². The molecule has 1 heterocycles. The van der Waals surface area contributed by atoms with Gasteiger partial charge in [0.15, 0.2) is 6.61 Å². The molecule has 2 aromatic carbocycles. The van der Waals surface area contributed by atoms with Gasteiger partial charge in [0.1, 0.15) is 11.5 Å². The number of hydrogen-bond acceptors (Lipinski definition) is 5. The molecule has 0 radical (unpaired) electrons. The van der Waals surface area contributed by atoms with Crippen LogP contribution in [0.4, 0.5) is 0 Å². The van der Waals surface area contributed by atoms with Crippen LogP contribution in [-0.4, -0.2) is 44.2 Å². The molecule has 0 aliphatic carbocycles. The molecule has 2 N–H and O–H groups in total. The lowest BCUT2D eigenvalue weighted by atomic mass is 10.1. The summed E-state index contributed by atoms with van der Waals surface area (Å²) in [6.45, 7) is 0.190. The lowest BCUT2D eigenvalue weighted by Gasteiger charge is -2.09. The highest BCUT2D eigenvalue weighted by Gasteiger charge is 2.10. The molecule has 1 aromatic heterocycles. The number of carbonyl (C=O) groups is 2. The predicted octanol–water partition coefficient (Wildman–Crippen LogP) is 3.02. The fraction of sp³-hybridized carbons (Fsp3) is 0.304. The van der Waals surface area contributed by atoms with E-state index in [1.807, 2.05) is 42.6 Å². The number of benzene rings is 2. The van der Waals surface area contributed by atoms with E-state index in [2.05, 4.69) is 10.3 Å². The van der Waals surface area contributed by atoms with Crippen LogP contribution >= 0.6 is 0 Å². The lowest BCUT2D eigenvalue weighted by molar-refractivity contribution is -0.148. The van der Waals surface area contributed by atoms with Crippen LogP contribution in [0.3, 0.4) is 0 Å². The van der Waals surface area contributed by atoms with Gasteiger partial charge >= 0.3 is 5.97 Å². The Labute approximate surface area is 175 Å². The summed E-state index contributed by atoms with van der Waals surface area (Å²) in [6, 6.07) is 13.5. The Balaban J connectivity index is 1.38. The number of methoxy groups -OCH3 is 2. The van der Waals surface area contributed by atoms with Crippen LogP contribution in [0.15, 0.2) is 48.7 Å². The number of nitrogens with one attached hydrogen (secondary N) is 2. The number of para-hydroxylation sites is 1. The third-order valence-corrected chi connectivity index (χ3v) is 4.78. The molecule has 30 heavy (non-hydrogen) atoms. The summed E-state index contributed by atoms with van der Waals surface area (Å²) in [5.74, 6) is 0.578. The topological polar surface area (TPSA) is 89.6 Å². The molecule has 0 aliphatic rings. The van der Waals surface area contributed by atoms with E-state index in [1.54, 1.807) is 20.3 Å². The van der Waals surface area contributed by atoms with Gasteiger partial charge in [0.2, 0.25) is 0 Å². The summed E-state index contributed by atoms with van der Waals surface area (Å²) in [5.41, 5.74) is 3.10. The third-order valence-electron chi connectivity index (χ3n) is 4.78. The Morgan fingerprint density at radius 1 is 1.00 bits per heavy atom. The molecule has 1 amide bonds. The molecule has 3 aromatic rings. The number of esters is 1. The van der Waals surface area contributed by atoms with Gasteiger partial charge < -0.3 is 24.5 Å². The fourth-order valence-corrected chi connectivity index (χ4v) is 3.20. The van der Waals surface area contributed by atoms with Gasteiger partial charge in [0.05, 0.1) is 14.2 Å². The van der Waals surface area contributed by atoms with Crippen LogP contribution in [-0.2, 0) is 27.2 Å². The van der Waals surface area contributed by atoms with Gasteiger partial charge in [0, 0.05) is 36.1 Å². The Kier molecular flexibility index (Phi) is 7.32. The smallest absolute Gasteiger partial charge is 0.306 e. The number of aromatic nitrogens is 1. The van der Waals surface area contributed by atoms with Crippen molar-refractivity contribution in [2.75, 3.05) is 27.4 Å². The maximum absolute atomic E-state index is 12.0. The highest BCUT2D eigenvalue weighted by molar-refractivity contribution is 5.83. The molecular formula is C23H26N2O5. The largest absolute Gasteiger partial charge is 0.497 e. The predicted molar refractivity (Wildman–Crippen MR) is 114 cm³/mol. The minimum Gasteiger partial charge on any atom is -0.497 e. The van der Waals surface area contributed by atoms with Crippen LogP contribution in [0.5, 0.6) is 11.5 Å². The van der Waals surface area contributed by atoms with Crippen molar-refractivity contribution in [1.29, 1.82) is 0 Å². The van der Waals surface area contributed by atoms with Crippen LogP contribution in [0.25, 0.3) is 10.9 Å². The first-order chi connectivity index (χ1) is 14.6. The number of aryl methyl sites for hydroxylation is 1. The minimum atomic E-state index is -0.427. The van der Waals surface area contributed by atoms with E-state index in [-0.39, 0.29) is 18.9 Å².